The van der Waals surface area contributed by atoms with E-state index in [1.165, 1.54) is 6.42 Å². The number of piperidine rings is 2. The Morgan fingerprint density at radius 1 is 1.20 bits per heavy atom. The van der Waals surface area contributed by atoms with E-state index in [-0.39, 0.29) is 0 Å². The van der Waals surface area contributed by atoms with Gasteiger partial charge in [-0.15, -0.1) is 0 Å². The van der Waals surface area contributed by atoms with Crippen LogP contribution in [0.5, 0.6) is 0 Å². The highest BCUT2D eigenvalue weighted by Gasteiger charge is 2.28. The highest BCUT2D eigenvalue weighted by molar-refractivity contribution is 5.77. The molecule has 2 saturated heterocycles. The van der Waals surface area contributed by atoms with E-state index in [0.29, 0.717) is 18.1 Å². The summed E-state index contributed by atoms with van der Waals surface area (Å²) in [7, 11) is 0. The predicted molar refractivity (Wildman–Crippen MR) is 80.7 cm³/mol. The van der Waals surface area contributed by atoms with Crippen molar-refractivity contribution in [3.63, 3.8) is 0 Å². The maximum Gasteiger partial charge on any atom is 0.222 e. The normalized spacial score (nSPS) is 22.8. The zero-order valence-corrected chi connectivity index (χ0v) is 13.1. The third-order valence-electron chi connectivity index (χ3n) is 4.43. The van der Waals surface area contributed by atoms with Crippen LogP contribution in [0, 0.1) is 0 Å². The van der Waals surface area contributed by atoms with Crippen molar-refractivity contribution in [1.29, 1.82) is 0 Å². The molecule has 0 saturated carbocycles. The van der Waals surface area contributed by atoms with Crippen LogP contribution in [0.1, 0.15) is 52.4 Å². The van der Waals surface area contributed by atoms with Gasteiger partial charge in [0.15, 0.2) is 0 Å². The average Bonchev–Trinajstić information content (AvgIpc) is 2.45. The molecule has 0 bridgehead atoms. The van der Waals surface area contributed by atoms with Gasteiger partial charge in [-0.1, -0.05) is 0 Å². The minimum atomic E-state index is 0.339. The average molecular weight is 282 g/mol. The number of hydrogen-bond donors (Lipinski definition) is 0. The fourth-order valence-electron chi connectivity index (χ4n) is 3.27. The van der Waals surface area contributed by atoms with Crippen LogP contribution in [0.3, 0.4) is 0 Å². The third-order valence-corrected chi connectivity index (χ3v) is 4.43. The number of hydrogen-bond acceptors (Lipinski definition) is 3. The Morgan fingerprint density at radius 2 is 1.95 bits per heavy atom. The molecule has 0 aromatic carbocycles. The molecule has 0 atom stereocenters. The largest absolute Gasteiger partial charge is 0.379 e. The molecule has 0 aliphatic carbocycles. The summed E-state index contributed by atoms with van der Waals surface area (Å²) in [6.45, 7) is 9.43. The van der Waals surface area contributed by atoms with Crippen molar-refractivity contribution in [1.82, 2.24) is 9.80 Å². The summed E-state index contributed by atoms with van der Waals surface area (Å²) in [6, 6.07) is 0.506. The summed E-state index contributed by atoms with van der Waals surface area (Å²) in [5.74, 6) is 0.389. The van der Waals surface area contributed by atoms with Gasteiger partial charge < -0.3 is 14.5 Å². The Hall–Kier alpha value is -0.610. The van der Waals surface area contributed by atoms with Gasteiger partial charge in [0.2, 0.25) is 5.91 Å². The Bertz CT molecular complexity index is 299. The van der Waals surface area contributed by atoms with Crippen molar-refractivity contribution in [3.8, 4) is 0 Å². The molecule has 0 radical (unpaired) electrons. The van der Waals surface area contributed by atoms with Crippen LogP contribution >= 0.6 is 0 Å². The minimum Gasteiger partial charge on any atom is -0.379 e. The molecule has 2 aliphatic rings. The first kappa shape index (κ1) is 15.8. The maximum atomic E-state index is 11.9. The number of likely N-dealkylation sites (tertiary alicyclic amines) is 2. The van der Waals surface area contributed by atoms with Gasteiger partial charge in [0.05, 0.1) is 6.10 Å². The van der Waals surface area contributed by atoms with Crippen molar-refractivity contribution in [3.05, 3.63) is 0 Å². The number of ether oxygens (including phenoxy) is 1. The number of rotatable bonds is 6. The van der Waals surface area contributed by atoms with Crippen molar-refractivity contribution in [2.75, 3.05) is 32.8 Å². The van der Waals surface area contributed by atoms with E-state index >= 15 is 0 Å². The molecule has 116 valence electrons. The number of nitrogens with zero attached hydrogens (tertiary/aromatic N) is 2. The molecule has 2 aliphatic heterocycles. The molecule has 4 heteroatoms. The van der Waals surface area contributed by atoms with Crippen LogP contribution in [0.15, 0.2) is 0 Å². The van der Waals surface area contributed by atoms with Gasteiger partial charge in [-0.3, -0.25) is 4.79 Å². The zero-order valence-electron chi connectivity index (χ0n) is 13.1. The van der Waals surface area contributed by atoms with Crippen molar-refractivity contribution >= 4 is 5.91 Å². The monoisotopic (exact) mass is 282 g/mol. The molecule has 0 aromatic rings. The molecule has 0 spiro atoms. The Morgan fingerprint density at radius 3 is 2.60 bits per heavy atom. The van der Waals surface area contributed by atoms with Crippen LogP contribution in [0.4, 0.5) is 0 Å². The fourth-order valence-corrected chi connectivity index (χ4v) is 3.27. The van der Waals surface area contributed by atoms with E-state index in [0.717, 1.165) is 64.9 Å². The van der Waals surface area contributed by atoms with Crippen LogP contribution in [0.2, 0.25) is 0 Å². The second-order valence-electron chi connectivity index (χ2n) is 6.39. The molecule has 0 unspecified atom stereocenters. The molecule has 1 amide bonds. The third kappa shape index (κ3) is 4.74. The van der Waals surface area contributed by atoms with Crippen LogP contribution in [0.25, 0.3) is 0 Å². The van der Waals surface area contributed by atoms with Crippen LogP contribution in [-0.2, 0) is 9.53 Å². The van der Waals surface area contributed by atoms with Gasteiger partial charge in [-0.25, -0.2) is 0 Å². The first-order valence-corrected chi connectivity index (χ1v) is 8.30. The molecule has 20 heavy (non-hydrogen) atoms. The van der Waals surface area contributed by atoms with Gasteiger partial charge in [-0.05, 0) is 46.0 Å². The van der Waals surface area contributed by atoms with Crippen LogP contribution < -0.4 is 0 Å². The summed E-state index contributed by atoms with van der Waals surface area (Å²) < 4.78 is 5.58. The molecule has 0 N–H and O–H groups in total. The molecule has 0 aromatic heterocycles. The first-order chi connectivity index (χ1) is 9.66. The maximum absolute atomic E-state index is 11.9. The fraction of sp³-hybridized carbons (Fsp3) is 0.938. The van der Waals surface area contributed by atoms with E-state index in [4.69, 9.17) is 4.74 Å². The number of carbonyl (C=O) groups is 1. The van der Waals surface area contributed by atoms with Gasteiger partial charge in [0, 0.05) is 45.2 Å². The SMILES string of the molecule is CC(C)OCCCN1CCC(N2CCCCC2=O)CC1. The lowest BCUT2D eigenvalue weighted by Gasteiger charge is -2.40. The first-order valence-electron chi connectivity index (χ1n) is 8.30. The minimum absolute atomic E-state index is 0.339. The number of carbonyl (C=O) groups excluding carboxylic acids is 1. The summed E-state index contributed by atoms with van der Waals surface area (Å²) in [4.78, 5) is 16.6. The van der Waals surface area contributed by atoms with Crippen molar-refractivity contribution in [2.45, 2.75) is 64.5 Å². The lowest BCUT2D eigenvalue weighted by Crippen LogP contribution is -2.49. The van der Waals surface area contributed by atoms with E-state index in [9.17, 15) is 4.79 Å². The zero-order chi connectivity index (χ0) is 14.4. The molecule has 2 rings (SSSR count). The topological polar surface area (TPSA) is 32.8 Å². The molecular weight excluding hydrogens is 252 g/mol. The van der Waals surface area contributed by atoms with E-state index < -0.39 is 0 Å². The standard InChI is InChI=1S/C16H30N2O2/c1-14(2)20-13-5-9-17-11-7-15(8-12-17)18-10-4-3-6-16(18)19/h14-15H,3-13H2,1-2H3. The van der Waals surface area contributed by atoms with E-state index in [2.05, 4.69) is 23.6 Å². The number of amides is 1. The Labute approximate surface area is 123 Å². The lowest BCUT2D eigenvalue weighted by atomic mass is 9.99. The highest BCUT2D eigenvalue weighted by Crippen LogP contribution is 2.21. The molecule has 2 heterocycles. The second kappa shape index (κ2) is 7.99. The smallest absolute Gasteiger partial charge is 0.222 e. The highest BCUT2D eigenvalue weighted by atomic mass is 16.5. The predicted octanol–water partition coefficient (Wildman–Crippen LogP) is 2.28. The summed E-state index contributed by atoms with van der Waals surface area (Å²) >= 11 is 0. The Balaban J connectivity index is 1.63. The van der Waals surface area contributed by atoms with Gasteiger partial charge in [0.25, 0.3) is 0 Å². The van der Waals surface area contributed by atoms with Crippen molar-refractivity contribution in [2.24, 2.45) is 0 Å². The molecule has 2 fully saturated rings. The van der Waals surface area contributed by atoms with E-state index in [1.807, 2.05) is 0 Å². The summed E-state index contributed by atoms with van der Waals surface area (Å²) in [5.41, 5.74) is 0. The van der Waals surface area contributed by atoms with Gasteiger partial charge >= 0.3 is 0 Å². The van der Waals surface area contributed by atoms with Crippen molar-refractivity contribution < 1.29 is 9.53 Å². The van der Waals surface area contributed by atoms with Gasteiger partial charge in [0.1, 0.15) is 0 Å². The second-order valence-corrected chi connectivity index (χ2v) is 6.39. The van der Waals surface area contributed by atoms with E-state index in [1.54, 1.807) is 0 Å². The lowest BCUT2D eigenvalue weighted by molar-refractivity contribution is -0.136. The van der Waals surface area contributed by atoms with Gasteiger partial charge in [-0.2, -0.15) is 0 Å². The molecular formula is C16H30N2O2. The summed E-state index contributed by atoms with van der Waals surface area (Å²) in [5, 5.41) is 0. The quantitative estimate of drug-likeness (QED) is 0.701. The Kier molecular flexibility index (Phi) is 6.30. The van der Waals surface area contributed by atoms with Crippen LogP contribution in [-0.4, -0.2) is 60.6 Å². The summed E-state index contributed by atoms with van der Waals surface area (Å²) in [6.07, 6.45) is 6.81. The molecule has 4 nitrogen and oxygen atoms in total.